The van der Waals surface area contributed by atoms with Crippen molar-refractivity contribution in [2.24, 2.45) is 5.92 Å². The van der Waals surface area contributed by atoms with Crippen molar-refractivity contribution in [2.75, 3.05) is 24.7 Å². The number of sulfone groups is 1. The zero-order chi connectivity index (χ0) is 15.5. The van der Waals surface area contributed by atoms with Gasteiger partial charge in [0.15, 0.2) is 9.84 Å². The minimum absolute atomic E-state index is 0.0199. The molecule has 1 amide bonds. The van der Waals surface area contributed by atoms with Crippen molar-refractivity contribution in [3.63, 3.8) is 0 Å². The molecule has 7 heteroatoms. The Labute approximate surface area is 126 Å². The molecule has 2 rings (SSSR count). The van der Waals surface area contributed by atoms with Crippen LogP contribution in [0.5, 0.6) is 0 Å². The summed E-state index contributed by atoms with van der Waals surface area (Å²) < 4.78 is 23.3. The molecule has 0 spiro atoms. The molecule has 0 aromatic carbocycles. The quantitative estimate of drug-likeness (QED) is 0.740. The smallest absolute Gasteiger partial charge is 0.226 e. The third-order valence-electron chi connectivity index (χ3n) is 4.50. The highest BCUT2D eigenvalue weighted by molar-refractivity contribution is 7.91. The summed E-state index contributed by atoms with van der Waals surface area (Å²) in [5.74, 6) is -0.0393. The van der Waals surface area contributed by atoms with Gasteiger partial charge in [-0.2, -0.15) is 0 Å². The molecule has 2 aliphatic rings. The first-order valence-corrected chi connectivity index (χ1v) is 9.55. The second kappa shape index (κ2) is 7.07. The van der Waals surface area contributed by atoms with Crippen LogP contribution in [0.1, 0.15) is 38.5 Å². The van der Waals surface area contributed by atoms with Gasteiger partial charge in [-0.3, -0.25) is 4.79 Å². The van der Waals surface area contributed by atoms with Gasteiger partial charge in [0.05, 0.1) is 24.2 Å². The molecule has 2 atom stereocenters. The van der Waals surface area contributed by atoms with E-state index in [1.807, 2.05) is 0 Å². The van der Waals surface area contributed by atoms with Crippen LogP contribution in [0.25, 0.3) is 0 Å². The highest BCUT2D eigenvalue weighted by Gasteiger charge is 2.37. The van der Waals surface area contributed by atoms with Crippen molar-refractivity contribution in [3.05, 3.63) is 0 Å². The number of aliphatic hydroxyl groups excluding tert-OH is 2. The standard InChI is InChI=1S/C14H25NO5S/c16-9-13(17)8-15(12-6-7-21(19,20)10-12)14(18)11-4-2-1-3-5-11/h11-13,16-17H,1-10H2. The summed E-state index contributed by atoms with van der Waals surface area (Å²) >= 11 is 0. The molecule has 1 saturated heterocycles. The molecule has 6 nitrogen and oxygen atoms in total. The summed E-state index contributed by atoms with van der Waals surface area (Å²) in [7, 11) is -3.09. The second-order valence-electron chi connectivity index (χ2n) is 6.22. The average Bonchev–Trinajstić information content (AvgIpc) is 2.84. The van der Waals surface area contributed by atoms with E-state index < -0.39 is 22.5 Å². The van der Waals surface area contributed by atoms with Crippen LogP contribution in [-0.2, 0) is 14.6 Å². The average molecular weight is 319 g/mol. The second-order valence-corrected chi connectivity index (χ2v) is 8.45. The molecule has 1 aliphatic heterocycles. The molecule has 1 heterocycles. The summed E-state index contributed by atoms with van der Waals surface area (Å²) in [6.07, 6.45) is 4.28. The lowest BCUT2D eigenvalue weighted by atomic mass is 9.88. The van der Waals surface area contributed by atoms with Crippen LogP contribution in [0.15, 0.2) is 0 Å². The fourth-order valence-electron chi connectivity index (χ4n) is 3.31. The highest BCUT2D eigenvalue weighted by atomic mass is 32.2. The van der Waals surface area contributed by atoms with E-state index in [1.165, 1.54) is 4.90 Å². The highest BCUT2D eigenvalue weighted by Crippen LogP contribution is 2.28. The van der Waals surface area contributed by atoms with Gasteiger partial charge in [-0.05, 0) is 19.3 Å². The van der Waals surface area contributed by atoms with Crippen molar-refractivity contribution in [1.82, 2.24) is 4.90 Å². The van der Waals surface area contributed by atoms with E-state index >= 15 is 0 Å². The Morgan fingerprint density at radius 3 is 2.38 bits per heavy atom. The van der Waals surface area contributed by atoms with E-state index in [2.05, 4.69) is 0 Å². The summed E-state index contributed by atoms with van der Waals surface area (Å²) in [4.78, 5) is 14.2. The Balaban J connectivity index is 2.09. The molecule has 1 aliphatic carbocycles. The van der Waals surface area contributed by atoms with E-state index in [4.69, 9.17) is 5.11 Å². The lowest BCUT2D eigenvalue weighted by Crippen LogP contribution is -2.48. The third-order valence-corrected chi connectivity index (χ3v) is 6.26. The van der Waals surface area contributed by atoms with Crippen LogP contribution in [0, 0.1) is 5.92 Å². The van der Waals surface area contributed by atoms with E-state index in [1.54, 1.807) is 0 Å². The van der Waals surface area contributed by atoms with E-state index in [-0.39, 0.29) is 35.9 Å². The Hall–Kier alpha value is -0.660. The topological polar surface area (TPSA) is 94.9 Å². The number of nitrogens with zero attached hydrogens (tertiary/aromatic N) is 1. The Bertz CT molecular complexity index is 458. The fourth-order valence-corrected chi connectivity index (χ4v) is 5.04. The van der Waals surface area contributed by atoms with Crippen LogP contribution in [0.2, 0.25) is 0 Å². The molecule has 2 fully saturated rings. The number of aliphatic hydroxyl groups is 2. The molecule has 2 N–H and O–H groups in total. The predicted octanol–water partition coefficient (Wildman–Crippen LogP) is -0.0644. The number of hydrogen-bond acceptors (Lipinski definition) is 5. The van der Waals surface area contributed by atoms with Gasteiger partial charge < -0.3 is 15.1 Å². The first kappa shape index (κ1) is 16.7. The summed E-state index contributed by atoms with van der Waals surface area (Å²) in [5.41, 5.74) is 0. The van der Waals surface area contributed by atoms with Gasteiger partial charge in [0.1, 0.15) is 0 Å². The van der Waals surface area contributed by atoms with Gasteiger partial charge in [-0.15, -0.1) is 0 Å². The van der Waals surface area contributed by atoms with Crippen molar-refractivity contribution in [3.8, 4) is 0 Å². The molecule has 2 unspecified atom stereocenters. The van der Waals surface area contributed by atoms with E-state index in [9.17, 15) is 18.3 Å². The van der Waals surface area contributed by atoms with Gasteiger partial charge in [0, 0.05) is 18.5 Å². The van der Waals surface area contributed by atoms with E-state index in [0.29, 0.717) is 6.42 Å². The van der Waals surface area contributed by atoms with Crippen LogP contribution in [-0.4, -0.2) is 66.2 Å². The number of carbonyl (C=O) groups excluding carboxylic acids is 1. The van der Waals surface area contributed by atoms with Crippen LogP contribution >= 0.6 is 0 Å². The van der Waals surface area contributed by atoms with Gasteiger partial charge in [-0.25, -0.2) is 8.42 Å². The SMILES string of the molecule is O=C(C1CCCCC1)N(CC(O)CO)C1CCS(=O)(=O)C1. The van der Waals surface area contributed by atoms with Crippen LogP contribution in [0.4, 0.5) is 0 Å². The van der Waals surface area contributed by atoms with Crippen LogP contribution in [0.3, 0.4) is 0 Å². The van der Waals surface area contributed by atoms with Gasteiger partial charge >= 0.3 is 0 Å². The molecule has 122 valence electrons. The number of carbonyl (C=O) groups is 1. The molecule has 0 aromatic rings. The monoisotopic (exact) mass is 319 g/mol. The zero-order valence-corrected chi connectivity index (χ0v) is 13.1. The Morgan fingerprint density at radius 2 is 1.86 bits per heavy atom. The normalized spacial score (nSPS) is 27.4. The molecule has 0 bridgehead atoms. The van der Waals surface area contributed by atoms with Crippen molar-refractivity contribution >= 4 is 15.7 Å². The largest absolute Gasteiger partial charge is 0.394 e. The Kier molecular flexibility index (Phi) is 5.62. The fraction of sp³-hybridized carbons (Fsp3) is 0.929. The third kappa shape index (κ3) is 4.40. The summed E-state index contributed by atoms with van der Waals surface area (Å²) in [6, 6.07) is -0.356. The molecule has 21 heavy (non-hydrogen) atoms. The summed E-state index contributed by atoms with van der Waals surface area (Å²) in [5, 5.41) is 18.7. The number of hydrogen-bond donors (Lipinski definition) is 2. The maximum atomic E-state index is 12.7. The zero-order valence-electron chi connectivity index (χ0n) is 12.3. The Morgan fingerprint density at radius 1 is 1.19 bits per heavy atom. The maximum Gasteiger partial charge on any atom is 0.226 e. The predicted molar refractivity (Wildman–Crippen MR) is 78.4 cm³/mol. The van der Waals surface area contributed by atoms with Gasteiger partial charge in [0.2, 0.25) is 5.91 Å². The molecule has 1 saturated carbocycles. The number of amides is 1. The summed E-state index contributed by atoms with van der Waals surface area (Å²) in [6.45, 7) is -0.403. The lowest BCUT2D eigenvalue weighted by molar-refractivity contribution is -0.140. The van der Waals surface area contributed by atoms with Crippen LogP contribution < -0.4 is 0 Å². The minimum atomic E-state index is -3.09. The molecular weight excluding hydrogens is 294 g/mol. The first-order valence-electron chi connectivity index (χ1n) is 7.73. The van der Waals surface area contributed by atoms with Crippen molar-refractivity contribution in [2.45, 2.75) is 50.7 Å². The van der Waals surface area contributed by atoms with Crippen molar-refractivity contribution < 1.29 is 23.4 Å². The molecular formula is C14H25NO5S. The first-order chi connectivity index (χ1) is 9.93. The van der Waals surface area contributed by atoms with Crippen molar-refractivity contribution in [1.29, 1.82) is 0 Å². The van der Waals surface area contributed by atoms with E-state index in [0.717, 1.165) is 32.1 Å². The minimum Gasteiger partial charge on any atom is -0.394 e. The van der Waals surface area contributed by atoms with Gasteiger partial charge in [0.25, 0.3) is 0 Å². The maximum absolute atomic E-state index is 12.7. The lowest BCUT2D eigenvalue weighted by Gasteiger charge is -2.34. The molecule has 0 aromatic heterocycles. The van der Waals surface area contributed by atoms with Gasteiger partial charge in [-0.1, -0.05) is 19.3 Å². The molecule has 0 radical (unpaired) electrons. The number of rotatable bonds is 5.